The number of aryl methyl sites for hydroxylation is 1. The lowest BCUT2D eigenvalue weighted by Crippen LogP contribution is -2.46. The Morgan fingerprint density at radius 1 is 0.744 bits per heavy atom. The van der Waals surface area contributed by atoms with Crippen LogP contribution in [-0.2, 0) is 75.7 Å². The SMILES string of the molecule is COCCOC1[C@@H](OP(=O)(O)OC[C@H]2O[C@@H](n3cnc4c(=O)[nH]c(N)nc43)C(O)[C@H]2O)[C@@H](COP(=O)(O)OP(=O)(O)OP(=O)(O)OC[C@H](CO)O[C@H](CO)[n+]2cn(C)c3c(=O)[nH]c(N)nc32)O[C@H]1n1cnc2c(N)ncnc21. The molecular formula is C34H50N15O25P4+. The Labute approximate surface area is 433 Å². The summed E-state index contributed by atoms with van der Waals surface area (Å²) in [5.41, 5.74) is 15.4. The Morgan fingerprint density at radius 3 is 2.06 bits per heavy atom. The van der Waals surface area contributed by atoms with E-state index in [1.165, 1.54) is 29.6 Å². The Hall–Kier alpha value is -5.19. The number of rotatable bonds is 26. The number of aromatic nitrogens is 12. The summed E-state index contributed by atoms with van der Waals surface area (Å²) in [5, 5.41) is 41.9. The number of methoxy groups -OCH3 is 1. The first kappa shape index (κ1) is 58.9. The molecule has 2 aliphatic heterocycles. The number of phosphoric acid groups is 4. The number of ether oxygens (including phenoxy) is 5. The van der Waals surface area contributed by atoms with Crippen LogP contribution in [0.15, 0.2) is 34.9 Å². The number of aliphatic hydroxyl groups excluding tert-OH is 4. The molecule has 0 amide bonds. The molecule has 16 N–H and O–H groups in total. The molecule has 8 rings (SSSR count). The number of fused-ring (bicyclic) bond motifs is 3. The van der Waals surface area contributed by atoms with Crippen LogP contribution in [0.2, 0.25) is 0 Å². The molecule has 6 unspecified atom stereocenters. The van der Waals surface area contributed by atoms with Gasteiger partial charge in [0.15, 0.2) is 41.4 Å². The van der Waals surface area contributed by atoms with Crippen molar-refractivity contribution in [3.05, 3.63) is 46.0 Å². The maximum atomic E-state index is 13.9. The van der Waals surface area contributed by atoms with Crippen molar-refractivity contribution in [3.8, 4) is 0 Å². The number of nitrogen functional groups attached to an aromatic ring is 3. The summed E-state index contributed by atoms with van der Waals surface area (Å²) in [4.78, 5) is 96.1. The van der Waals surface area contributed by atoms with Gasteiger partial charge in [0.2, 0.25) is 17.7 Å². The van der Waals surface area contributed by atoms with Gasteiger partial charge in [-0.2, -0.15) is 13.6 Å². The maximum Gasteiger partial charge on any atom is 0.490 e. The lowest BCUT2D eigenvalue weighted by Gasteiger charge is -2.27. The van der Waals surface area contributed by atoms with E-state index in [0.29, 0.717) is 0 Å². The van der Waals surface area contributed by atoms with Crippen molar-refractivity contribution in [2.75, 3.05) is 70.6 Å². The monoisotopic (exact) mass is 1190 g/mol. The third-order valence-electron chi connectivity index (χ3n) is 11.3. The molecule has 0 aromatic carbocycles. The third-order valence-corrected chi connectivity index (χ3v) is 16.5. The Kier molecular flexibility index (Phi) is 17.8. The molecule has 6 aromatic heterocycles. The van der Waals surface area contributed by atoms with Gasteiger partial charge < -0.3 is 80.9 Å². The predicted octanol–water partition coefficient (Wildman–Crippen LogP) is -4.44. The summed E-state index contributed by atoms with van der Waals surface area (Å²) in [7, 11) is -20.8. The van der Waals surface area contributed by atoms with Crippen LogP contribution >= 0.6 is 31.3 Å². The minimum atomic E-state index is -6.22. The largest absolute Gasteiger partial charge is 0.490 e. The van der Waals surface area contributed by atoms with Crippen LogP contribution in [0.1, 0.15) is 18.7 Å². The van der Waals surface area contributed by atoms with Crippen molar-refractivity contribution < 1.29 is 113 Å². The van der Waals surface area contributed by atoms with Gasteiger partial charge in [-0.25, -0.2) is 42.8 Å². The first-order valence-electron chi connectivity index (χ1n) is 22.2. The molecule has 78 heavy (non-hydrogen) atoms. The van der Waals surface area contributed by atoms with E-state index in [0.717, 1.165) is 28.1 Å². The van der Waals surface area contributed by atoms with E-state index in [1.807, 2.05) is 0 Å². The lowest BCUT2D eigenvalue weighted by molar-refractivity contribution is -0.746. The summed E-state index contributed by atoms with van der Waals surface area (Å²) in [6, 6.07) is 0. The highest BCUT2D eigenvalue weighted by molar-refractivity contribution is 7.66. The molecule has 14 atom stereocenters. The van der Waals surface area contributed by atoms with E-state index < -0.39 is 137 Å². The molecule has 44 heteroatoms. The fourth-order valence-corrected chi connectivity index (χ4v) is 12.5. The van der Waals surface area contributed by atoms with Crippen LogP contribution in [0.4, 0.5) is 17.7 Å². The number of hydrogen-bond acceptors (Lipinski definition) is 30. The fraction of sp³-hybridized carbons (Fsp3) is 0.559. The zero-order valence-electron chi connectivity index (χ0n) is 40.0. The van der Waals surface area contributed by atoms with Gasteiger partial charge in [0.1, 0.15) is 61.2 Å². The van der Waals surface area contributed by atoms with Gasteiger partial charge in [0, 0.05) is 7.11 Å². The van der Waals surface area contributed by atoms with Crippen molar-refractivity contribution in [1.29, 1.82) is 0 Å². The summed E-state index contributed by atoms with van der Waals surface area (Å²) >= 11 is 0. The van der Waals surface area contributed by atoms with Crippen molar-refractivity contribution in [3.63, 3.8) is 0 Å². The molecule has 430 valence electrons. The van der Waals surface area contributed by atoms with Gasteiger partial charge >= 0.3 is 36.9 Å². The van der Waals surface area contributed by atoms with Crippen LogP contribution in [0.3, 0.4) is 0 Å². The zero-order valence-corrected chi connectivity index (χ0v) is 43.6. The zero-order chi connectivity index (χ0) is 56.6. The number of anilines is 3. The average Bonchev–Trinajstić information content (AvgIpc) is 4.18. The first-order valence-corrected chi connectivity index (χ1v) is 28.1. The number of H-pyrrole nitrogens is 2. The van der Waals surface area contributed by atoms with Crippen LogP contribution in [-0.4, -0.2) is 190 Å². The molecule has 0 aliphatic carbocycles. The van der Waals surface area contributed by atoms with E-state index in [-0.39, 0.29) is 64.4 Å². The molecule has 0 bridgehead atoms. The van der Waals surface area contributed by atoms with Crippen LogP contribution < -0.4 is 32.9 Å². The number of hydrogen-bond donors (Lipinski definition) is 13. The van der Waals surface area contributed by atoms with E-state index in [9.17, 15) is 67.8 Å². The normalized spacial score (nSPS) is 25.8. The summed E-state index contributed by atoms with van der Waals surface area (Å²) in [6.07, 6.45) is -12.3. The molecule has 0 saturated carbocycles. The Balaban J connectivity index is 0.959. The number of nitrogens with two attached hydrogens (primary N) is 3. The minimum Gasteiger partial charge on any atom is -0.394 e. The molecule has 40 nitrogen and oxygen atoms in total. The minimum absolute atomic E-state index is 0.00933. The van der Waals surface area contributed by atoms with Crippen LogP contribution in [0.5, 0.6) is 0 Å². The molecule has 6 aromatic rings. The van der Waals surface area contributed by atoms with Crippen LogP contribution in [0, 0.1) is 0 Å². The van der Waals surface area contributed by atoms with E-state index in [4.69, 9.17) is 54.5 Å². The summed E-state index contributed by atoms with van der Waals surface area (Å²) in [6.45, 7) is -5.69. The number of phosphoric ester groups is 3. The molecule has 2 fully saturated rings. The van der Waals surface area contributed by atoms with Gasteiger partial charge in [-0.15, -0.1) is 0 Å². The number of imidazole rings is 3. The summed E-state index contributed by atoms with van der Waals surface area (Å²) in [5.74, 6) is -0.729. The van der Waals surface area contributed by atoms with E-state index in [1.54, 1.807) is 0 Å². The van der Waals surface area contributed by atoms with Crippen molar-refractivity contribution >= 4 is 82.5 Å². The molecule has 2 saturated heterocycles. The van der Waals surface area contributed by atoms with Crippen molar-refractivity contribution in [1.82, 2.24) is 53.6 Å². The van der Waals surface area contributed by atoms with E-state index >= 15 is 0 Å². The second-order valence-electron chi connectivity index (χ2n) is 16.6. The first-order chi connectivity index (χ1) is 36.7. The number of aromatic amines is 2. The number of nitrogens with zero attached hydrogens (tertiary/aromatic N) is 10. The summed E-state index contributed by atoms with van der Waals surface area (Å²) < 4.78 is 115. The average molecular weight is 1190 g/mol. The van der Waals surface area contributed by atoms with Gasteiger partial charge in [-0.05, 0) is 0 Å². The lowest BCUT2D eigenvalue weighted by atomic mass is 10.1. The Bertz CT molecular complexity index is 3450. The highest BCUT2D eigenvalue weighted by Crippen LogP contribution is 2.68. The van der Waals surface area contributed by atoms with E-state index in [2.05, 4.69) is 53.0 Å². The standard InChI is InChI=1S/C34H49N15O25P4/c1-46-13-49(28-20(46)30(55)45-34(37)43-28)17(6-51)69-14(5-50)7-66-76(58,59)73-78(62,63)74-77(60,61)68-9-16-23(24(65-4-3-64-2)32(71-16)47-11-40-18-25(35)38-10-39-26(18)47)72-75(56,57)67-8-15-21(52)22(53)31(70-15)48-12-41-19-27(48)42-33(36)44-29(19)54/h10-17,21-24,31-32,50-53H,3-9H2,1-2H3,(H11-,35,36,37,38,39,42,43,44,45,54,55,56,57,58,59,60,61,62,63)/p+1/t14-,15+,16+,17+,21-,22?,23-,24?,31+,32+/m0/s1. The van der Waals surface area contributed by atoms with Gasteiger partial charge in [-0.3, -0.25) is 51.4 Å². The highest BCUT2D eigenvalue weighted by atomic mass is 31.3. The molecule has 0 radical (unpaired) electrons. The molecular weight excluding hydrogens is 1140 g/mol. The molecule has 0 spiro atoms. The smallest absolute Gasteiger partial charge is 0.394 e. The number of aliphatic hydroxyl groups is 4. The highest BCUT2D eigenvalue weighted by Gasteiger charge is 2.53. The second-order valence-corrected chi connectivity index (χ2v) is 22.7. The maximum absolute atomic E-state index is 13.9. The third kappa shape index (κ3) is 13.0. The molecule has 8 heterocycles. The van der Waals surface area contributed by atoms with Gasteiger partial charge in [-0.1, -0.05) is 4.98 Å². The Morgan fingerprint density at radius 2 is 1.37 bits per heavy atom. The quantitative estimate of drug-likeness (QED) is 0.0138. The van der Waals surface area contributed by atoms with Gasteiger partial charge in [0.05, 0.1) is 59.3 Å². The van der Waals surface area contributed by atoms with Crippen molar-refractivity contribution in [2.45, 2.75) is 61.4 Å². The van der Waals surface area contributed by atoms with Gasteiger partial charge in [0.25, 0.3) is 17.1 Å². The topological polar surface area (TPSA) is 571 Å². The predicted molar refractivity (Wildman–Crippen MR) is 252 cm³/mol. The number of nitrogens with one attached hydrogen (secondary N) is 2. The second kappa shape index (κ2) is 23.5. The van der Waals surface area contributed by atoms with Crippen molar-refractivity contribution in [2.24, 2.45) is 7.05 Å². The van der Waals surface area contributed by atoms with Crippen LogP contribution in [0.25, 0.3) is 33.5 Å². The fourth-order valence-electron chi connectivity index (χ4n) is 7.97. The molecule has 2 aliphatic rings.